The van der Waals surface area contributed by atoms with Crippen molar-refractivity contribution in [3.63, 3.8) is 0 Å². The SMILES string of the molecule is Clc1ccc2[nH]c3c(c2c1)CNC3. The lowest BCUT2D eigenvalue weighted by Crippen LogP contribution is -2.01. The number of hydrogen-bond acceptors (Lipinski definition) is 1. The fourth-order valence-corrected chi connectivity index (χ4v) is 2.11. The van der Waals surface area contributed by atoms with Crippen molar-refractivity contribution < 1.29 is 0 Å². The van der Waals surface area contributed by atoms with Gasteiger partial charge >= 0.3 is 0 Å². The monoisotopic (exact) mass is 192 g/mol. The van der Waals surface area contributed by atoms with Crippen LogP contribution in [0.1, 0.15) is 11.3 Å². The average molecular weight is 193 g/mol. The number of hydrogen-bond donors (Lipinski definition) is 2. The Morgan fingerprint density at radius 1 is 1.23 bits per heavy atom. The molecular weight excluding hydrogens is 184 g/mol. The van der Waals surface area contributed by atoms with Gasteiger partial charge in [0.1, 0.15) is 0 Å². The Balaban J connectivity index is 2.40. The molecule has 0 saturated heterocycles. The van der Waals surface area contributed by atoms with Crippen molar-refractivity contribution >= 4 is 22.5 Å². The van der Waals surface area contributed by atoms with E-state index in [1.807, 2.05) is 18.2 Å². The summed E-state index contributed by atoms with van der Waals surface area (Å²) in [7, 11) is 0. The first-order valence-electron chi connectivity index (χ1n) is 4.34. The van der Waals surface area contributed by atoms with Crippen molar-refractivity contribution in [2.24, 2.45) is 0 Å². The molecule has 0 saturated carbocycles. The molecule has 1 aromatic heterocycles. The normalized spacial score (nSPS) is 15.2. The van der Waals surface area contributed by atoms with E-state index in [0.717, 1.165) is 18.1 Å². The molecule has 0 amide bonds. The minimum Gasteiger partial charge on any atom is -0.357 e. The lowest BCUT2D eigenvalue weighted by atomic mass is 10.1. The Labute approximate surface area is 80.9 Å². The van der Waals surface area contributed by atoms with Crippen LogP contribution in [0.15, 0.2) is 18.2 Å². The summed E-state index contributed by atoms with van der Waals surface area (Å²) >= 11 is 5.94. The Kier molecular flexibility index (Phi) is 1.43. The van der Waals surface area contributed by atoms with Gasteiger partial charge in [-0.1, -0.05) is 11.6 Å². The van der Waals surface area contributed by atoms with Crippen LogP contribution >= 0.6 is 11.6 Å². The first-order chi connectivity index (χ1) is 6.34. The summed E-state index contributed by atoms with van der Waals surface area (Å²) in [5.41, 5.74) is 3.87. The van der Waals surface area contributed by atoms with Crippen LogP contribution in [0.25, 0.3) is 10.9 Å². The molecule has 2 aromatic rings. The molecule has 66 valence electrons. The summed E-state index contributed by atoms with van der Waals surface area (Å²) in [5.74, 6) is 0. The van der Waals surface area contributed by atoms with Crippen LogP contribution in [0.4, 0.5) is 0 Å². The number of aromatic amines is 1. The molecule has 1 aliphatic rings. The minimum absolute atomic E-state index is 0.807. The molecule has 2 N–H and O–H groups in total. The van der Waals surface area contributed by atoms with Gasteiger partial charge in [0.2, 0.25) is 0 Å². The number of fused-ring (bicyclic) bond motifs is 3. The first-order valence-corrected chi connectivity index (χ1v) is 4.72. The van der Waals surface area contributed by atoms with Gasteiger partial charge in [-0.05, 0) is 23.8 Å². The lowest BCUT2D eigenvalue weighted by molar-refractivity contribution is 0.757. The van der Waals surface area contributed by atoms with Gasteiger partial charge < -0.3 is 10.3 Å². The predicted octanol–water partition coefficient (Wildman–Crippen LogP) is 2.42. The molecule has 0 unspecified atom stereocenters. The van der Waals surface area contributed by atoms with Crippen molar-refractivity contribution in [3.05, 3.63) is 34.5 Å². The Morgan fingerprint density at radius 2 is 2.15 bits per heavy atom. The highest BCUT2D eigenvalue weighted by Gasteiger charge is 2.15. The van der Waals surface area contributed by atoms with Gasteiger partial charge in [-0.2, -0.15) is 0 Å². The van der Waals surface area contributed by atoms with Crippen LogP contribution in [0.3, 0.4) is 0 Å². The zero-order valence-electron chi connectivity index (χ0n) is 7.02. The third-order valence-corrected chi connectivity index (χ3v) is 2.80. The third-order valence-electron chi connectivity index (χ3n) is 2.56. The zero-order valence-corrected chi connectivity index (χ0v) is 7.78. The van der Waals surface area contributed by atoms with E-state index in [9.17, 15) is 0 Å². The van der Waals surface area contributed by atoms with E-state index in [0.29, 0.717) is 0 Å². The van der Waals surface area contributed by atoms with E-state index in [1.54, 1.807) is 0 Å². The second-order valence-corrected chi connectivity index (χ2v) is 3.81. The van der Waals surface area contributed by atoms with Gasteiger partial charge in [-0.25, -0.2) is 0 Å². The van der Waals surface area contributed by atoms with Crippen molar-refractivity contribution in [1.82, 2.24) is 10.3 Å². The maximum atomic E-state index is 5.94. The molecule has 1 aliphatic heterocycles. The van der Waals surface area contributed by atoms with E-state index < -0.39 is 0 Å². The summed E-state index contributed by atoms with van der Waals surface area (Å²) < 4.78 is 0. The quantitative estimate of drug-likeness (QED) is 0.659. The number of H-pyrrole nitrogens is 1. The van der Waals surface area contributed by atoms with Crippen LogP contribution in [-0.2, 0) is 13.1 Å². The van der Waals surface area contributed by atoms with Crippen molar-refractivity contribution in [3.8, 4) is 0 Å². The summed E-state index contributed by atoms with van der Waals surface area (Å²) in [4.78, 5) is 3.38. The standard InChI is InChI=1S/C10H9ClN2/c11-6-1-2-9-7(3-6)8-4-12-5-10(8)13-9/h1-3,12-13H,4-5H2. The van der Waals surface area contributed by atoms with Crippen LogP contribution in [0.5, 0.6) is 0 Å². The van der Waals surface area contributed by atoms with Crippen LogP contribution in [-0.4, -0.2) is 4.98 Å². The third kappa shape index (κ3) is 0.992. The van der Waals surface area contributed by atoms with Gasteiger partial charge in [-0.3, -0.25) is 0 Å². The minimum atomic E-state index is 0.807. The fraction of sp³-hybridized carbons (Fsp3) is 0.200. The molecule has 0 bridgehead atoms. The maximum absolute atomic E-state index is 5.94. The highest BCUT2D eigenvalue weighted by atomic mass is 35.5. The molecule has 0 aliphatic carbocycles. The molecular formula is C10H9ClN2. The summed E-state index contributed by atoms with van der Waals surface area (Å²) in [6.07, 6.45) is 0. The topological polar surface area (TPSA) is 27.8 Å². The second-order valence-electron chi connectivity index (χ2n) is 3.38. The van der Waals surface area contributed by atoms with E-state index >= 15 is 0 Å². The number of halogens is 1. The molecule has 2 heterocycles. The van der Waals surface area contributed by atoms with E-state index in [4.69, 9.17) is 11.6 Å². The molecule has 13 heavy (non-hydrogen) atoms. The van der Waals surface area contributed by atoms with Gasteiger partial charge in [-0.15, -0.1) is 0 Å². The fourth-order valence-electron chi connectivity index (χ4n) is 1.94. The number of rotatable bonds is 0. The summed E-state index contributed by atoms with van der Waals surface area (Å²) in [6, 6.07) is 5.98. The van der Waals surface area contributed by atoms with Crippen LogP contribution < -0.4 is 5.32 Å². The highest BCUT2D eigenvalue weighted by molar-refractivity contribution is 6.31. The van der Waals surface area contributed by atoms with Gasteiger partial charge in [0.05, 0.1) is 0 Å². The highest BCUT2D eigenvalue weighted by Crippen LogP contribution is 2.27. The Bertz CT molecular complexity index is 473. The zero-order chi connectivity index (χ0) is 8.84. The average Bonchev–Trinajstić information content (AvgIpc) is 2.64. The maximum Gasteiger partial charge on any atom is 0.0460 e. The van der Waals surface area contributed by atoms with Crippen molar-refractivity contribution in [2.75, 3.05) is 0 Å². The summed E-state index contributed by atoms with van der Waals surface area (Å²) in [6.45, 7) is 1.90. The van der Waals surface area contributed by atoms with E-state index in [2.05, 4.69) is 10.3 Å². The second kappa shape index (κ2) is 2.50. The molecule has 0 atom stereocenters. The number of benzene rings is 1. The number of nitrogens with one attached hydrogen (secondary N) is 2. The molecule has 0 spiro atoms. The molecule has 3 heteroatoms. The lowest BCUT2D eigenvalue weighted by Gasteiger charge is -1.94. The van der Waals surface area contributed by atoms with Crippen LogP contribution in [0.2, 0.25) is 5.02 Å². The van der Waals surface area contributed by atoms with Gasteiger partial charge in [0, 0.05) is 34.7 Å². The number of aromatic nitrogens is 1. The first kappa shape index (κ1) is 7.42. The molecule has 3 rings (SSSR count). The van der Waals surface area contributed by atoms with Crippen molar-refractivity contribution in [2.45, 2.75) is 13.1 Å². The molecule has 2 nitrogen and oxygen atoms in total. The Hall–Kier alpha value is -0.990. The van der Waals surface area contributed by atoms with E-state index in [-0.39, 0.29) is 0 Å². The van der Waals surface area contributed by atoms with Crippen molar-refractivity contribution in [1.29, 1.82) is 0 Å². The van der Waals surface area contributed by atoms with E-state index in [1.165, 1.54) is 22.2 Å². The Morgan fingerprint density at radius 3 is 3.08 bits per heavy atom. The van der Waals surface area contributed by atoms with Crippen LogP contribution in [0, 0.1) is 0 Å². The smallest absolute Gasteiger partial charge is 0.0460 e. The van der Waals surface area contributed by atoms with Gasteiger partial charge in [0.25, 0.3) is 0 Å². The van der Waals surface area contributed by atoms with Gasteiger partial charge in [0.15, 0.2) is 0 Å². The largest absolute Gasteiger partial charge is 0.357 e. The summed E-state index contributed by atoms with van der Waals surface area (Å²) in [5, 5.41) is 5.37. The molecule has 0 fully saturated rings. The molecule has 0 radical (unpaired) electrons. The predicted molar refractivity (Wildman–Crippen MR) is 53.9 cm³/mol. The molecule has 1 aromatic carbocycles.